The first kappa shape index (κ1) is 21.8. The van der Waals surface area contributed by atoms with E-state index in [0.717, 1.165) is 12.3 Å². The normalized spacial score (nSPS) is 10.5. The fraction of sp³-hybridized carbons (Fsp3) is 0. The highest BCUT2D eigenvalue weighted by atomic mass is 16.6. The van der Waals surface area contributed by atoms with E-state index in [1.54, 1.807) is 18.2 Å². The van der Waals surface area contributed by atoms with Crippen LogP contribution in [0.3, 0.4) is 0 Å². The number of carbonyl (C=O) groups excluding carboxylic acids is 2. The first-order valence-corrected chi connectivity index (χ1v) is 8.99. The molecule has 0 atom stereocenters. The molecule has 0 unspecified atom stereocenters. The van der Waals surface area contributed by atoms with E-state index in [4.69, 9.17) is 4.74 Å². The Morgan fingerprint density at radius 3 is 2.22 bits per heavy atom. The van der Waals surface area contributed by atoms with Crippen LogP contribution in [0.15, 0.2) is 77.9 Å². The average Bonchev–Trinajstić information content (AvgIpc) is 2.80. The van der Waals surface area contributed by atoms with E-state index in [0.29, 0.717) is 0 Å². The standard InChI is InChI=1S/C21H14N4O7/c26-20(16-8-4-5-9-17(16)24(28)29)23-22-13-14-10-11-19(18(12-14)25(30)31)32-21(27)15-6-2-1-3-7-15/h1-13H,(H,23,26)/b22-13+. The van der Waals surface area contributed by atoms with Gasteiger partial charge in [-0.25, -0.2) is 10.2 Å². The zero-order valence-corrected chi connectivity index (χ0v) is 16.2. The van der Waals surface area contributed by atoms with Gasteiger partial charge in [0.25, 0.3) is 11.6 Å². The number of hydrazone groups is 1. The molecule has 3 rings (SSSR count). The van der Waals surface area contributed by atoms with Crippen LogP contribution in [0, 0.1) is 20.2 Å². The number of benzene rings is 3. The number of carbonyl (C=O) groups is 2. The highest BCUT2D eigenvalue weighted by molar-refractivity contribution is 5.98. The summed E-state index contributed by atoms with van der Waals surface area (Å²) in [6, 6.07) is 17.0. The van der Waals surface area contributed by atoms with Gasteiger partial charge in [-0.1, -0.05) is 30.3 Å². The summed E-state index contributed by atoms with van der Waals surface area (Å²) in [6.45, 7) is 0. The minimum Gasteiger partial charge on any atom is -0.416 e. The quantitative estimate of drug-likeness (QED) is 0.196. The van der Waals surface area contributed by atoms with Gasteiger partial charge in [0.1, 0.15) is 5.56 Å². The van der Waals surface area contributed by atoms with E-state index < -0.39 is 27.4 Å². The van der Waals surface area contributed by atoms with Crippen molar-refractivity contribution in [2.45, 2.75) is 0 Å². The van der Waals surface area contributed by atoms with Crippen molar-refractivity contribution in [1.29, 1.82) is 0 Å². The topological polar surface area (TPSA) is 154 Å². The molecular formula is C21H14N4O7. The third-order valence-corrected chi connectivity index (χ3v) is 4.12. The van der Waals surface area contributed by atoms with E-state index in [1.165, 1.54) is 48.5 Å². The fourth-order valence-electron chi connectivity index (χ4n) is 2.63. The lowest BCUT2D eigenvalue weighted by molar-refractivity contribution is -0.385. The maximum atomic E-state index is 12.2. The van der Waals surface area contributed by atoms with Crippen LogP contribution < -0.4 is 10.2 Å². The third kappa shape index (κ3) is 5.16. The summed E-state index contributed by atoms with van der Waals surface area (Å²) in [6.07, 6.45) is 1.11. The molecule has 0 fully saturated rings. The second-order valence-electron chi connectivity index (χ2n) is 6.21. The Labute approximate surface area is 180 Å². The van der Waals surface area contributed by atoms with Crippen molar-refractivity contribution in [3.63, 3.8) is 0 Å². The lowest BCUT2D eigenvalue weighted by atomic mass is 10.2. The van der Waals surface area contributed by atoms with Gasteiger partial charge in [0.05, 0.1) is 21.6 Å². The van der Waals surface area contributed by atoms with Crippen LogP contribution in [0.5, 0.6) is 5.75 Å². The summed E-state index contributed by atoms with van der Waals surface area (Å²) in [4.78, 5) is 45.3. The molecule has 0 saturated heterocycles. The first-order chi connectivity index (χ1) is 15.4. The van der Waals surface area contributed by atoms with Crippen molar-refractivity contribution in [1.82, 2.24) is 5.43 Å². The monoisotopic (exact) mass is 434 g/mol. The summed E-state index contributed by atoms with van der Waals surface area (Å²) in [5, 5.41) is 26.1. The average molecular weight is 434 g/mol. The Morgan fingerprint density at radius 2 is 1.53 bits per heavy atom. The largest absolute Gasteiger partial charge is 0.416 e. The molecule has 11 heteroatoms. The molecular weight excluding hydrogens is 420 g/mol. The lowest BCUT2D eigenvalue weighted by Gasteiger charge is -2.06. The van der Waals surface area contributed by atoms with Gasteiger partial charge in [0.2, 0.25) is 5.75 Å². The van der Waals surface area contributed by atoms with Crippen molar-refractivity contribution < 1.29 is 24.2 Å². The van der Waals surface area contributed by atoms with Gasteiger partial charge in [0, 0.05) is 17.7 Å². The summed E-state index contributed by atoms with van der Waals surface area (Å²) in [5.41, 5.74) is 1.52. The molecule has 0 aromatic heterocycles. The number of hydrogen-bond acceptors (Lipinski definition) is 8. The van der Waals surface area contributed by atoms with E-state index in [1.807, 2.05) is 0 Å². The van der Waals surface area contributed by atoms with Gasteiger partial charge in [0.15, 0.2) is 0 Å². The molecule has 3 aromatic carbocycles. The highest BCUT2D eigenvalue weighted by Crippen LogP contribution is 2.28. The Kier molecular flexibility index (Phi) is 6.61. The molecule has 0 saturated carbocycles. The first-order valence-electron chi connectivity index (χ1n) is 8.99. The number of para-hydroxylation sites is 1. The molecule has 32 heavy (non-hydrogen) atoms. The zero-order chi connectivity index (χ0) is 23.1. The molecule has 1 amide bonds. The molecule has 0 spiro atoms. The second kappa shape index (κ2) is 9.71. The molecule has 0 radical (unpaired) electrons. The van der Waals surface area contributed by atoms with Crippen LogP contribution in [0.2, 0.25) is 0 Å². The highest BCUT2D eigenvalue weighted by Gasteiger charge is 2.20. The van der Waals surface area contributed by atoms with Crippen molar-refractivity contribution in [2.24, 2.45) is 5.10 Å². The van der Waals surface area contributed by atoms with Gasteiger partial charge >= 0.3 is 11.7 Å². The minimum absolute atomic E-state index is 0.191. The van der Waals surface area contributed by atoms with Crippen molar-refractivity contribution in [3.05, 3.63) is 110 Å². The zero-order valence-electron chi connectivity index (χ0n) is 16.2. The number of ether oxygens (including phenoxy) is 1. The number of esters is 1. The number of amides is 1. The van der Waals surface area contributed by atoms with E-state index in [9.17, 15) is 29.8 Å². The second-order valence-corrected chi connectivity index (χ2v) is 6.21. The van der Waals surface area contributed by atoms with Crippen molar-refractivity contribution >= 4 is 29.5 Å². The molecule has 0 aliphatic carbocycles. The van der Waals surface area contributed by atoms with Crippen LogP contribution in [0.25, 0.3) is 0 Å². The van der Waals surface area contributed by atoms with Crippen molar-refractivity contribution in [3.8, 4) is 5.75 Å². The molecule has 11 nitrogen and oxygen atoms in total. The fourth-order valence-corrected chi connectivity index (χ4v) is 2.63. The minimum atomic E-state index is -0.823. The SMILES string of the molecule is O=C(Oc1ccc(/C=N/NC(=O)c2ccccc2[N+](=O)[O-])cc1[N+](=O)[O-])c1ccccc1. The van der Waals surface area contributed by atoms with Crippen LogP contribution in [-0.4, -0.2) is 27.9 Å². The van der Waals surface area contributed by atoms with Gasteiger partial charge in [-0.3, -0.25) is 25.0 Å². The van der Waals surface area contributed by atoms with Crippen LogP contribution in [0.4, 0.5) is 11.4 Å². The molecule has 160 valence electrons. The lowest BCUT2D eigenvalue weighted by Crippen LogP contribution is -2.19. The molecule has 0 heterocycles. The Hall–Kier alpha value is -4.93. The van der Waals surface area contributed by atoms with Crippen LogP contribution in [-0.2, 0) is 0 Å². The Bertz CT molecular complexity index is 1230. The van der Waals surface area contributed by atoms with Crippen LogP contribution >= 0.6 is 0 Å². The number of nitrogens with zero attached hydrogens (tertiary/aromatic N) is 3. The molecule has 3 aromatic rings. The Balaban J connectivity index is 1.75. The number of hydrogen-bond donors (Lipinski definition) is 1. The molecule has 0 aliphatic rings. The van der Waals surface area contributed by atoms with Crippen molar-refractivity contribution in [2.75, 3.05) is 0 Å². The molecule has 0 aliphatic heterocycles. The summed E-state index contributed by atoms with van der Waals surface area (Å²) in [7, 11) is 0. The molecule has 0 bridgehead atoms. The maximum absolute atomic E-state index is 12.2. The van der Waals surface area contributed by atoms with E-state index in [2.05, 4.69) is 10.5 Å². The van der Waals surface area contributed by atoms with Gasteiger partial charge in [-0.2, -0.15) is 5.10 Å². The number of nitrogens with one attached hydrogen (secondary N) is 1. The predicted octanol–water partition coefficient (Wildman–Crippen LogP) is 3.49. The number of nitro groups is 2. The van der Waals surface area contributed by atoms with Crippen LogP contribution in [0.1, 0.15) is 26.3 Å². The number of nitro benzene ring substituents is 2. The summed E-state index contributed by atoms with van der Waals surface area (Å²) < 4.78 is 5.13. The summed E-state index contributed by atoms with van der Waals surface area (Å²) >= 11 is 0. The van der Waals surface area contributed by atoms with E-state index >= 15 is 0 Å². The van der Waals surface area contributed by atoms with Gasteiger partial charge in [-0.15, -0.1) is 0 Å². The molecule has 1 N–H and O–H groups in total. The predicted molar refractivity (Wildman–Crippen MR) is 113 cm³/mol. The van der Waals surface area contributed by atoms with E-state index in [-0.39, 0.29) is 28.1 Å². The smallest absolute Gasteiger partial charge is 0.343 e. The summed E-state index contributed by atoms with van der Waals surface area (Å²) in [5.74, 6) is -1.84. The van der Waals surface area contributed by atoms with Gasteiger partial charge < -0.3 is 4.74 Å². The Morgan fingerprint density at radius 1 is 0.875 bits per heavy atom. The van der Waals surface area contributed by atoms with Gasteiger partial charge in [-0.05, 0) is 30.3 Å². The maximum Gasteiger partial charge on any atom is 0.343 e. The number of rotatable bonds is 7. The third-order valence-electron chi connectivity index (χ3n) is 4.12.